The van der Waals surface area contributed by atoms with Crippen LogP contribution in [0.25, 0.3) is 5.76 Å². The first-order chi connectivity index (χ1) is 16.8. The zero-order valence-electron chi connectivity index (χ0n) is 20.3. The fraction of sp³-hybridized carbons (Fsp3) is 0.480. The van der Waals surface area contributed by atoms with Gasteiger partial charge in [0.25, 0.3) is 5.91 Å². The van der Waals surface area contributed by atoms with E-state index in [1.54, 1.807) is 23.9 Å². The van der Waals surface area contributed by atoms with Crippen LogP contribution in [0.2, 0.25) is 0 Å². The van der Waals surface area contributed by atoms with Crippen molar-refractivity contribution in [2.24, 2.45) is 17.6 Å². The van der Waals surface area contributed by atoms with Crippen molar-refractivity contribution in [3.63, 3.8) is 0 Å². The van der Waals surface area contributed by atoms with E-state index >= 15 is 0 Å². The molecule has 0 aliphatic heterocycles. The van der Waals surface area contributed by atoms with Crippen molar-refractivity contribution in [1.29, 1.82) is 0 Å². The molecule has 0 heterocycles. The average Bonchev–Trinajstić information content (AvgIpc) is 2.78. The molecule has 3 aliphatic rings. The SMILES string of the molecule is CC(C)SC[C@H]1c2cccc(O)c2C(O)=C2C(=O)[C@]3(O)C(O)=C(C(N)=O)C(=O)[C@@H](N(C)C)C3C(O)C21. The van der Waals surface area contributed by atoms with E-state index in [0.717, 1.165) is 0 Å². The summed E-state index contributed by atoms with van der Waals surface area (Å²) >= 11 is 1.54. The molecule has 11 heteroatoms. The van der Waals surface area contributed by atoms with Gasteiger partial charge in [0.2, 0.25) is 5.78 Å². The zero-order valence-corrected chi connectivity index (χ0v) is 21.1. The van der Waals surface area contributed by atoms with Gasteiger partial charge in [0, 0.05) is 23.2 Å². The Morgan fingerprint density at radius 2 is 1.83 bits per heavy atom. The lowest BCUT2D eigenvalue weighted by Crippen LogP contribution is -2.70. The monoisotopic (exact) mass is 518 g/mol. The predicted octanol–water partition coefficient (Wildman–Crippen LogP) is 0.618. The summed E-state index contributed by atoms with van der Waals surface area (Å²) in [5, 5.41) is 56.4. The lowest BCUT2D eigenvalue weighted by molar-refractivity contribution is -0.169. The van der Waals surface area contributed by atoms with E-state index in [4.69, 9.17) is 5.73 Å². The number of likely N-dealkylation sites (N-methyl/N-ethyl adjacent to an activating group) is 1. The second-order valence-electron chi connectivity index (χ2n) is 9.99. The molecule has 0 aromatic heterocycles. The Morgan fingerprint density at radius 3 is 2.39 bits per heavy atom. The van der Waals surface area contributed by atoms with Crippen LogP contribution in [0.4, 0.5) is 0 Å². The number of amides is 1. The molecule has 1 saturated carbocycles. The molecule has 194 valence electrons. The minimum atomic E-state index is -2.91. The molecule has 1 aromatic carbocycles. The number of primary amides is 1. The number of hydrogen-bond acceptors (Lipinski definition) is 10. The molecule has 0 bridgehead atoms. The third kappa shape index (κ3) is 3.48. The van der Waals surface area contributed by atoms with Gasteiger partial charge in [-0.2, -0.15) is 11.8 Å². The second-order valence-corrected chi connectivity index (χ2v) is 11.6. The molecule has 0 spiro atoms. The van der Waals surface area contributed by atoms with Gasteiger partial charge in [-0.15, -0.1) is 0 Å². The Kier molecular flexibility index (Phi) is 6.49. The smallest absolute Gasteiger partial charge is 0.255 e. The number of rotatable bonds is 5. The van der Waals surface area contributed by atoms with E-state index in [9.17, 15) is 39.9 Å². The van der Waals surface area contributed by atoms with Crippen molar-refractivity contribution in [3.8, 4) is 5.75 Å². The third-order valence-electron chi connectivity index (χ3n) is 7.41. The standard InChI is InChI=1S/C25H30N2O8S/c1-9(2)36-8-11-10-6-5-7-12(28)13(10)19(29)15-14(11)20(30)17-18(27(3)4)21(31)16(24(26)34)23(33)25(17,35)22(15)32/h5-7,9,11,14,17-18,20,28-30,33,35H,8H2,1-4H3,(H2,26,34)/t11-,14?,17?,18-,20?,25-/m0/s1. The maximum Gasteiger partial charge on any atom is 0.255 e. The molecule has 3 aliphatic carbocycles. The van der Waals surface area contributed by atoms with Gasteiger partial charge in [0.1, 0.15) is 22.8 Å². The Labute approximate surface area is 212 Å². The van der Waals surface area contributed by atoms with Crippen LogP contribution in [0, 0.1) is 11.8 Å². The van der Waals surface area contributed by atoms with Crippen LogP contribution in [0.15, 0.2) is 35.1 Å². The summed E-state index contributed by atoms with van der Waals surface area (Å²) in [5.41, 5.74) is 1.60. The predicted molar refractivity (Wildman–Crippen MR) is 132 cm³/mol. The largest absolute Gasteiger partial charge is 0.508 e. The molecule has 1 aromatic rings. The number of phenols is 1. The third-order valence-corrected chi connectivity index (χ3v) is 8.63. The number of carbonyl (C=O) groups is 3. The molecular weight excluding hydrogens is 488 g/mol. The summed E-state index contributed by atoms with van der Waals surface area (Å²) in [6, 6.07) is 3.24. The molecule has 4 rings (SSSR count). The van der Waals surface area contributed by atoms with E-state index < -0.39 is 70.1 Å². The number of hydrogen-bond donors (Lipinski definition) is 6. The Balaban J connectivity index is 2.04. The lowest BCUT2D eigenvalue weighted by Gasteiger charge is -2.54. The molecule has 10 nitrogen and oxygen atoms in total. The van der Waals surface area contributed by atoms with Gasteiger partial charge in [-0.1, -0.05) is 26.0 Å². The Hall–Kier alpha value is -2.86. The van der Waals surface area contributed by atoms with E-state index in [1.165, 1.54) is 25.1 Å². The first-order valence-electron chi connectivity index (χ1n) is 11.5. The molecule has 0 saturated heterocycles. The van der Waals surface area contributed by atoms with Crippen LogP contribution in [0.1, 0.15) is 30.9 Å². The fourth-order valence-electron chi connectivity index (χ4n) is 5.89. The van der Waals surface area contributed by atoms with Gasteiger partial charge in [-0.3, -0.25) is 19.3 Å². The number of nitrogens with zero attached hydrogens (tertiary/aromatic N) is 1. The molecule has 1 amide bonds. The molecule has 7 N–H and O–H groups in total. The topological polar surface area (TPSA) is 182 Å². The van der Waals surface area contributed by atoms with Crippen LogP contribution in [0.5, 0.6) is 5.75 Å². The van der Waals surface area contributed by atoms with Crippen molar-refractivity contribution in [1.82, 2.24) is 4.90 Å². The minimum Gasteiger partial charge on any atom is -0.508 e. The highest BCUT2D eigenvalue weighted by molar-refractivity contribution is 7.99. The summed E-state index contributed by atoms with van der Waals surface area (Å²) < 4.78 is 0. The average molecular weight is 519 g/mol. The summed E-state index contributed by atoms with van der Waals surface area (Å²) in [4.78, 5) is 40.7. The van der Waals surface area contributed by atoms with Crippen LogP contribution in [0.3, 0.4) is 0 Å². The number of aromatic hydroxyl groups is 1. The number of phenolic OH excluding ortho intramolecular Hbond substituents is 1. The second kappa shape index (κ2) is 8.91. The summed E-state index contributed by atoms with van der Waals surface area (Å²) in [5.74, 6) is -8.44. The van der Waals surface area contributed by atoms with Gasteiger partial charge < -0.3 is 31.3 Å². The minimum absolute atomic E-state index is 0.00431. The van der Waals surface area contributed by atoms with Gasteiger partial charge in [0.15, 0.2) is 11.4 Å². The molecule has 0 radical (unpaired) electrons. The Bertz CT molecular complexity index is 1220. The number of Topliss-reactive ketones (excluding diaryl/α,β-unsaturated/α-hetero) is 2. The van der Waals surface area contributed by atoms with Crippen molar-refractivity contribution < 1.29 is 39.9 Å². The number of fused-ring (bicyclic) bond motifs is 3. The van der Waals surface area contributed by atoms with Crippen LogP contribution < -0.4 is 5.73 Å². The number of nitrogens with two attached hydrogens (primary N) is 1. The first-order valence-corrected chi connectivity index (χ1v) is 12.6. The van der Waals surface area contributed by atoms with Gasteiger partial charge in [-0.25, -0.2) is 0 Å². The normalized spacial score (nSPS) is 32.1. The molecule has 3 unspecified atom stereocenters. The quantitative estimate of drug-likeness (QED) is 0.302. The number of aliphatic hydroxyl groups excluding tert-OH is 3. The highest BCUT2D eigenvalue weighted by atomic mass is 32.2. The van der Waals surface area contributed by atoms with Gasteiger partial charge in [0.05, 0.1) is 23.6 Å². The van der Waals surface area contributed by atoms with Crippen LogP contribution in [-0.2, 0) is 14.4 Å². The van der Waals surface area contributed by atoms with Crippen LogP contribution in [-0.4, -0.2) is 90.8 Å². The number of benzene rings is 1. The summed E-state index contributed by atoms with van der Waals surface area (Å²) in [7, 11) is 2.95. The molecule has 36 heavy (non-hydrogen) atoms. The number of thioether (sulfide) groups is 1. The van der Waals surface area contributed by atoms with Crippen molar-refractivity contribution in [3.05, 3.63) is 46.2 Å². The summed E-state index contributed by atoms with van der Waals surface area (Å²) in [6.07, 6.45) is -1.61. The van der Waals surface area contributed by atoms with Crippen LogP contribution >= 0.6 is 11.8 Å². The number of aliphatic hydroxyl groups is 4. The number of ketones is 2. The van der Waals surface area contributed by atoms with Gasteiger partial charge in [-0.05, 0) is 31.0 Å². The van der Waals surface area contributed by atoms with Crippen molar-refractivity contribution >= 4 is 35.0 Å². The maximum absolute atomic E-state index is 14.0. The maximum atomic E-state index is 14.0. The first kappa shape index (κ1) is 26.2. The van der Waals surface area contributed by atoms with E-state index in [-0.39, 0.29) is 22.1 Å². The van der Waals surface area contributed by atoms with Crippen molar-refractivity contribution in [2.45, 2.75) is 42.8 Å². The highest BCUT2D eigenvalue weighted by Crippen LogP contribution is 2.56. The fourth-order valence-corrected chi connectivity index (χ4v) is 6.87. The van der Waals surface area contributed by atoms with E-state index in [0.29, 0.717) is 11.3 Å². The highest BCUT2D eigenvalue weighted by Gasteiger charge is 2.68. The molecule has 6 atom stereocenters. The zero-order chi connectivity index (χ0) is 26.9. The Morgan fingerprint density at radius 1 is 1.19 bits per heavy atom. The van der Waals surface area contributed by atoms with E-state index in [2.05, 4.69) is 0 Å². The number of carbonyl (C=O) groups excluding carboxylic acids is 3. The van der Waals surface area contributed by atoms with Crippen molar-refractivity contribution in [2.75, 3.05) is 19.8 Å². The summed E-state index contributed by atoms with van der Waals surface area (Å²) in [6.45, 7) is 3.95. The van der Waals surface area contributed by atoms with Gasteiger partial charge >= 0.3 is 0 Å². The van der Waals surface area contributed by atoms with E-state index in [1.807, 2.05) is 13.8 Å². The molecular formula is C25H30N2O8S. The lowest BCUT2D eigenvalue weighted by atomic mass is 9.54. The molecule has 1 fully saturated rings.